The first kappa shape index (κ1) is 14.1. The highest BCUT2D eigenvalue weighted by atomic mass is 79.9. The monoisotopic (exact) mass is 365 g/mol. The van der Waals surface area contributed by atoms with Crippen molar-refractivity contribution in [2.24, 2.45) is 0 Å². The molecule has 1 rings (SSSR count). The molecule has 1 aromatic rings. The maximum atomic E-state index is 12.0. The smallest absolute Gasteiger partial charge is 0.253 e. The largest absolute Gasteiger partial charge is 0.341 e. The van der Waals surface area contributed by atoms with Gasteiger partial charge in [0.2, 0.25) is 0 Å². The molecule has 0 bridgehead atoms. The normalized spacial score (nSPS) is 10.2. The first-order valence-corrected chi connectivity index (χ1v) is 7.73. The van der Waals surface area contributed by atoms with Crippen LogP contribution >= 0.6 is 43.6 Å². The molecule has 0 unspecified atom stereocenters. The first-order valence-electron chi connectivity index (χ1n) is 4.75. The van der Waals surface area contributed by atoms with Gasteiger partial charge in [-0.05, 0) is 24.5 Å². The minimum absolute atomic E-state index is 0.0519. The molecule has 88 valence electrons. The zero-order chi connectivity index (χ0) is 12.1. The zero-order valence-electron chi connectivity index (χ0n) is 9.17. The summed E-state index contributed by atoms with van der Waals surface area (Å²) in [5.41, 5.74) is 0.699. The topological polar surface area (TPSA) is 20.3 Å². The van der Waals surface area contributed by atoms with Gasteiger partial charge in [-0.1, -0.05) is 31.9 Å². The van der Waals surface area contributed by atoms with Crippen LogP contribution in [0.3, 0.4) is 0 Å². The standard InChI is InChI=1S/C11H13Br2NOS/c1-14(3-4-16-2)11(15)8-5-9(12)7-10(13)6-8/h5-7H,3-4H2,1-2H3. The Morgan fingerprint density at radius 3 is 2.38 bits per heavy atom. The van der Waals surface area contributed by atoms with Crippen molar-refractivity contribution in [2.75, 3.05) is 25.6 Å². The van der Waals surface area contributed by atoms with Crippen LogP contribution in [0.4, 0.5) is 0 Å². The van der Waals surface area contributed by atoms with E-state index < -0.39 is 0 Å². The number of hydrogen-bond acceptors (Lipinski definition) is 2. The predicted molar refractivity (Wildman–Crippen MR) is 77.2 cm³/mol. The summed E-state index contributed by atoms with van der Waals surface area (Å²) in [6.07, 6.45) is 2.04. The molecule has 0 aliphatic carbocycles. The lowest BCUT2D eigenvalue weighted by molar-refractivity contribution is 0.0803. The van der Waals surface area contributed by atoms with Crippen molar-refractivity contribution in [1.29, 1.82) is 0 Å². The van der Waals surface area contributed by atoms with E-state index in [0.717, 1.165) is 21.2 Å². The van der Waals surface area contributed by atoms with E-state index in [4.69, 9.17) is 0 Å². The Labute approximate surface area is 117 Å². The Bertz CT molecular complexity index is 364. The van der Waals surface area contributed by atoms with Crippen LogP contribution in [0.5, 0.6) is 0 Å². The molecule has 1 aromatic carbocycles. The fourth-order valence-electron chi connectivity index (χ4n) is 1.23. The van der Waals surface area contributed by atoms with Gasteiger partial charge in [0.05, 0.1) is 0 Å². The second-order valence-corrected chi connectivity index (χ2v) is 6.19. The van der Waals surface area contributed by atoms with E-state index in [1.54, 1.807) is 16.7 Å². The highest BCUT2D eigenvalue weighted by Gasteiger charge is 2.12. The number of carbonyl (C=O) groups is 1. The Kier molecular flexibility index (Phi) is 5.86. The molecule has 0 saturated heterocycles. The Balaban J connectivity index is 2.79. The number of amides is 1. The van der Waals surface area contributed by atoms with Crippen molar-refractivity contribution in [3.63, 3.8) is 0 Å². The fourth-order valence-corrected chi connectivity index (χ4v) is 2.98. The van der Waals surface area contributed by atoms with Gasteiger partial charge < -0.3 is 4.90 Å². The molecule has 0 aliphatic rings. The van der Waals surface area contributed by atoms with Crippen LogP contribution in [-0.4, -0.2) is 36.4 Å². The van der Waals surface area contributed by atoms with Gasteiger partial charge in [-0.15, -0.1) is 0 Å². The van der Waals surface area contributed by atoms with Gasteiger partial charge in [0, 0.05) is 33.9 Å². The summed E-state index contributed by atoms with van der Waals surface area (Å²) >= 11 is 8.49. The van der Waals surface area contributed by atoms with Gasteiger partial charge in [0.1, 0.15) is 0 Å². The SMILES string of the molecule is CSCCN(C)C(=O)c1cc(Br)cc(Br)c1. The van der Waals surface area contributed by atoms with E-state index in [1.165, 1.54) is 0 Å². The molecule has 16 heavy (non-hydrogen) atoms. The lowest BCUT2D eigenvalue weighted by Crippen LogP contribution is -2.28. The number of rotatable bonds is 4. The van der Waals surface area contributed by atoms with Gasteiger partial charge in [-0.2, -0.15) is 11.8 Å². The van der Waals surface area contributed by atoms with Crippen molar-refractivity contribution in [1.82, 2.24) is 4.90 Å². The molecule has 2 nitrogen and oxygen atoms in total. The van der Waals surface area contributed by atoms with Crippen molar-refractivity contribution < 1.29 is 4.79 Å². The number of hydrogen-bond donors (Lipinski definition) is 0. The molecule has 0 spiro atoms. The molecule has 0 radical (unpaired) electrons. The van der Waals surface area contributed by atoms with Gasteiger partial charge in [0.15, 0.2) is 0 Å². The summed E-state index contributed by atoms with van der Waals surface area (Å²) in [7, 11) is 1.83. The summed E-state index contributed by atoms with van der Waals surface area (Å²) in [5, 5.41) is 0. The number of carbonyl (C=O) groups excluding carboxylic acids is 1. The minimum atomic E-state index is 0.0519. The van der Waals surface area contributed by atoms with E-state index in [9.17, 15) is 4.79 Å². The highest BCUT2D eigenvalue weighted by molar-refractivity contribution is 9.11. The minimum Gasteiger partial charge on any atom is -0.341 e. The van der Waals surface area contributed by atoms with E-state index in [-0.39, 0.29) is 5.91 Å². The highest BCUT2D eigenvalue weighted by Crippen LogP contribution is 2.20. The quantitative estimate of drug-likeness (QED) is 0.810. The third kappa shape index (κ3) is 4.11. The van der Waals surface area contributed by atoms with E-state index >= 15 is 0 Å². The molecular weight excluding hydrogens is 354 g/mol. The van der Waals surface area contributed by atoms with E-state index in [1.807, 2.05) is 31.5 Å². The summed E-state index contributed by atoms with van der Waals surface area (Å²) in [6.45, 7) is 0.768. The number of halogens is 2. The maximum absolute atomic E-state index is 12.0. The molecule has 0 aliphatic heterocycles. The van der Waals surface area contributed by atoms with Crippen LogP contribution in [0, 0.1) is 0 Å². The van der Waals surface area contributed by atoms with Gasteiger partial charge in [-0.25, -0.2) is 0 Å². The Morgan fingerprint density at radius 2 is 1.88 bits per heavy atom. The molecule has 0 fully saturated rings. The third-order valence-corrected chi connectivity index (χ3v) is 3.59. The van der Waals surface area contributed by atoms with Crippen LogP contribution in [0.2, 0.25) is 0 Å². The second kappa shape index (κ2) is 6.67. The number of thioether (sulfide) groups is 1. The van der Waals surface area contributed by atoms with Gasteiger partial charge in [-0.3, -0.25) is 4.79 Å². The van der Waals surface area contributed by atoms with Crippen LogP contribution < -0.4 is 0 Å². The Morgan fingerprint density at radius 1 is 1.31 bits per heavy atom. The van der Waals surface area contributed by atoms with Gasteiger partial charge >= 0.3 is 0 Å². The van der Waals surface area contributed by atoms with Crippen LogP contribution in [0.1, 0.15) is 10.4 Å². The van der Waals surface area contributed by atoms with Crippen molar-refractivity contribution in [3.05, 3.63) is 32.7 Å². The molecular formula is C11H13Br2NOS. The van der Waals surface area contributed by atoms with Crippen LogP contribution in [0.15, 0.2) is 27.1 Å². The van der Waals surface area contributed by atoms with E-state index in [0.29, 0.717) is 5.56 Å². The molecule has 1 amide bonds. The average Bonchev–Trinajstić information content (AvgIpc) is 2.23. The van der Waals surface area contributed by atoms with Crippen LogP contribution in [0.25, 0.3) is 0 Å². The average molecular weight is 367 g/mol. The maximum Gasteiger partial charge on any atom is 0.253 e. The van der Waals surface area contributed by atoms with Crippen LogP contribution in [-0.2, 0) is 0 Å². The third-order valence-electron chi connectivity index (χ3n) is 2.09. The van der Waals surface area contributed by atoms with E-state index in [2.05, 4.69) is 31.9 Å². The molecule has 5 heteroatoms. The van der Waals surface area contributed by atoms with Crippen molar-refractivity contribution in [2.45, 2.75) is 0 Å². The number of benzene rings is 1. The number of nitrogens with zero attached hydrogens (tertiary/aromatic N) is 1. The Hall–Kier alpha value is -0.000000000000000111. The molecule has 0 N–H and O–H groups in total. The second-order valence-electron chi connectivity index (χ2n) is 3.38. The van der Waals surface area contributed by atoms with Crippen molar-refractivity contribution >= 4 is 49.5 Å². The first-order chi connectivity index (χ1) is 7.54. The summed E-state index contributed by atoms with van der Waals surface area (Å²) in [6, 6.07) is 5.59. The molecule has 0 heterocycles. The van der Waals surface area contributed by atoms with Crippen molar-refractivity contribution in [3.8, 4) is 0 Å². The lowest BCUT2D eigenvalue weighted by atomic mass is 10.2. The molecule has 0 saturated carbocycles. The van der Waals surface area contributed by atoms with Gasteiger partial charge in [0.25, 0.3) is 5.91 Å². The predicted octanol–water partition coefficient (Wildman–Crippen LogP) is 3.65. The summed E-state index contributed by atoms with van der Waals surface area (Å²) in [5.74, 6) is 1.01. The molecule has 0 aromatic heterocycles. The lowest BCUT2D eigenvalue weighted by Gasteiger charge is -2.16. The fraction of sp³-hybridized carbons (Fsp3) is 0.364. The zero-order valence-corrected chi connectivity index (χ0v) is 13.2. The summed E-state index contributed by atoms with van der Waals surface area (Å²) < 4.78 is 1.81. The molecule has 0 atom stereocenters. The summed E-state index contributed by atoms with van der Waals surface area (Å²) in [4.78, 5) is 13.8.